The fraction of sp³-hybridized carbons (Fsp3) is 0.286. The van der Waals surface area contributed by atoms with Gasteiger partial charge in [0.25, 0.3) is 0 Å². The first-order chi connectivity index (χ1) is 8.52. The number of hydrogen-bond acceptors (Lipinski definition) is 3. The lowest BCUT2D eigenvalue weighted by Gasteiger charge is -2.05. The van der Waals surface area contributed by atoms with Gasteiger partial charge in [0.1, 0.15) is 6.07 Å². The molecular formula is C14H14ClNO2. The molecular weight excluding hydrogens is 250 g/mol. The minimum Gasteiger partial charge on any atom is -0.462 e. The second-order valence-corrected chi connectivity index (χ2v) is 4.64. The average Bonchev–Trinajstić information content (AvgIpc) is 2.34. The Labute approximate surface area is 112 Å². The molecule has 0 radical (unpaired) electrons. The highest BCUT2D eigenvalue weighted by Gasteiger charge is 2.06. The molecule has 4 heteroatoms. The zero-order chi connectivity index (χ0) is 13.5. The van der Waals surface area contributed by atoms with E-state index in [-0.39, 0.29) is 11.5 Å². The first-order valence-corrected chi connectivity index (χ1v) is 5.95. The highest BCUT2D eigenvalue weighted by molar-refractivity contribution is 6.30. The van der Waals surface area contributed by atoms with E-state index in [4.69, 9.17) is 21.6 Å². The highest BCUT2D eigenvalue weighted by Crippen LogP contribution is 2.17. The highest BCUT2D eigenvalue weighted by atomic mass is 35.5. The van der Waals surface area contributed by atoms with Gasteiger partial charge in [-0.1, -0.05) is 37.6 Å². The van der Waals surface area contributed by atoms with Crippen molar-refractivity contribution in [3.8, 4) is 6.07 Å². The zero-order valence-corrected chi connectivity index (χ0v) is 11.1. The van der Waals surface area contributed by atoms with Gasteiger partial charge < -0.3 is 4.74 Å². The molecule has 0 N–H and O–H groups in total. The van der Waals surface area contributed by atoms with Gasteiger partial charge in [-0.05, 0) is 23.6 Å². The van der Waals surface area contributed by atoms with Crippen LogP contribution in [0.25, 0.3) is 5.57 Å². The van der Waals surface area contributed by atoms with E-state index >= 15 is 0 Å². The van der Waals surface area contributed by atoms with E-state index in [2.05, 4.69) is 0 Å². The quantitative estimate of drug-likeness (QED) is 0.475. The summed E-state index contributed by atoms with van der Waals surface area (Å²) in [6.45, 7) is 4.23. The lowest BCUT2D eigenvalue weighted by molar-refractivity contribution is -0.138. The molecule has 0 heterocycles. The van der Waals surface area contributed by atoms with E-state index in [9.17, 15) is 4.79 Å². The van der Waals surface area contributed by atoms with E-state index in [1.807, 2.05) is 19.9 Å². The monoisotopic (exact) mass is 263 g/mol. The number of hydrogen-bond donors (Lipinski definition) is 0. The van der Waals surface area contributed by atoms with Crippen molar-refractivity contribution in [2.45, 2.75) is 13.8 Å². The number of nitrogens with zero attached hydrogens (tertiary/aromatic N) is 1. The van der Waals surface area contributed by atoms with Crippen LogP contribution in [0.15, 0.2) is 30.3 Å². The molecule has 0 bridgehead atoms. The minimum absolute atomic E-state index is 0.264. The lowest BCUT2D eigenvalue weighted by atomic mass is 10.1. The molecule has 0 amide bonds. The second kappa shape index (κ2) is 6.83. The van der Waals surface area contributed by atoms with Crippen molar-refractivity contribution in [1.29, 1.82) is 5.26 Å². The summed E-state index contributed by atoms with van der Waals surface area (Å²) < 4.78 is 4.99. The largest absolute Gasteiger partial charge is 0.462 e. The maximum absolute atomic E-state index is 11.5. The van der Waals surface area contributed by atoms with Gasteiger partial charge in [0.05, 0.1) is 12.2 Å². The Balaban J connectivity index is 2.80. The van der Waals surface area contributed by atoms with Crippen LogP contribution in [0.3, 0.4) is 0 Å². The van der Waals surface area contributed by atoms with Crippen LogP contribution >= 0.6 is 11.6 Å². The fourth-order valence-electron chi connectivity index (χ4n) is 1.22. The van der Waals surface area contributed by atoms with Crippen molar-refractivity contribution >= 4 is 23.1 Å². The molecule has 0 aliphatic rings. The standard InChI is InChI=1S/C14H14ClNO2/c1-10(2)9-18-14(17)7-12(8-16)11-3-5-13(15)6-4-11/h3-7,10H,9H2,1-2H3. The van der Waals surface area contributed by atoms with Crippen LogP contribution in [0.2, 0.25) is 5.02 Å². The number of ether oxygens (including phenoxy) is 1. The average molecular weight is 264 g/mol. The van der Waals surface area contributed by atoms with Crippen LogP contribution < -0.4 is 0 Å². The van der Waals surface area contributed by atoms with E-state index in [1.54, 1.807) is 24.3 Å². The smallest absolute Gasteiger partial charge is 0.332 e. The molecule has 1 rings (SSSR count). The Bertz CT molecular complexity index is 484. The first kappa shape index (κ1) is 14.3. The molecule has 0 saturated carbocycles. The third-order valence-electron chi connectivity index (χ3n) is 2.10. The van der Waals surface area contributed by atoms with Crippen molar-refractivity contribution in [2.75, 3.05) is 6.61 Å². The SMILES string of the molecule is CC(C)COC(=O)C=C(C#N)c1ccc(Cl)cc1. The Kier molecular flexibility index (Phi) is 5.41. The van der Waals surface area contributed by atoms with Crippen LogP contribution in [0.1, 0.15) is 19.4 Å². The van der Waals surface area contributed by atoms with Gasteiger partial charge in [0, 0.05) is 11.1 Å². The molecule has 0 aliphatic heterocycles. The summed E-state index contributed by atoms with van der Waals surface area (Å²) in [5.41, 5.74) is 0.906. The van der Waals surface area contributed by atoms with Crippen molar-refractivity contribution in [3.05, 3.63) is 40.9 Å². The molecule has 94 valence electrons. The molecule has 0 saturated heterocycles. The molecule has 0 aromatic heterocycles. The predicted octanol–water partition coefficient (Wildman–Crippen LogP) is 3.45. The van der Waals surface area contributed by atoms with Gasteiger partial charge in [-0.15, -0.1) is 0 Å². The summed E-state index contributed by atoms with van der Waals surface area (Å²) >= 11 is 5.76. The second-order valence-electron chi connectivity index (χ2n) is 4.20. The maximum Gasteiger partial charge on any atom is 0.332 e. The van der Waals surface area contributed by atoms with Crippen molar-refractivity contribution in [1.82, 2.24) is 0 Å². The van der Waals surface area contributed by atoms with Crippen LogP contribution in [-0.2, 0) is 9.53 Å². The molecule has 1 aromatic carbocycles. The maximum atomic E-state index is 11.5. The number of nitriles is 1. The van der Waals surface area contributed by atoms with Crippen molar-refractivity contribution in [3.63, 3.8) is 0 Å². The van der Waals surface area contributed by atoms with Gasteiger partial charge in [0.2, 0.25) is 0 Å². The predicted molar refractivity (Wildman–Crippen MR) is 70.8 cm³/mol. The zero-order valence-electron chi connectivity index (χ0n) is 10.3. The van der Waals surface area contributed by atoms with Crippen LogP contribution in [0.5, 0.6) is 0 Å². The molecule has 0 fully saturated rings. The number of esters is 1. The number of rotatable bonds is 4. The molecule has 0 aliphatic carbocycles. The van der Waals surface area contributed by atoms with Crippen molar-refractivity contribution < 1.29 is 9.53 Å². The molecule has 1 aromatic rings. The van der Waals surface area contributed by atoms with E-state index in [0.29, 0.717) is 17.2 Å². The summed E-state index contributed by atoms with van der Waals surface area (Å²) in [6, 6.07) is 8.69. The molecule has 0 atom stereocenters. The van der Waals surface area contributed by atoms with E-state index in [0.717, 1.165) is 0 Å². The van der Waals surface area contributed by atoms with Crippen LogP contribution in [-0.4, -0.2) is 12.6 Å². The van der Waals surface area contributed by atoms with Gasteiger partial charge in [0.15, 0.2) is 0 Å². The van der Waals surface area contributed by atoms with Crippen LogP contribution in [0.4, 0.5) is 0 Å². The number of halogens is 1. The first-order valence-electron chi connectivity index (χ1n) is 5.57. The summed E-state index contributed by atoms with van der Waals surface area (Å²) in [4.78, 5) is 11.5. The Hall–Kier alpha value is -1.79. The normalized spacial score (nSPS) is 11.2. The minimum atomic E-state index is -0.504. The van der Waals surface area contributed by atoms with E-state index < -0.39 is 5.97 Å². The number of carbonyl (C=O) groups is 1. The van der Waals surface area contributed by atoms with Gasteiger partial charge in [-0.2, -0.15) is 5.26 Å². The van der Waals surface area contributed by atoms with Gasteiger partial charge >= 0.3 is 5.97 Å². The fourth-order valence-corrected chi connectivity index (χ4v) is 1.34. The lowest BCUT2D eigenvalue weighted by Crippen LogP contribution is -2.07. The summed E-state index contributed by atoms with van der Waals surface area (Å²) in [6.07, 6.45) is 1.20. The van der Waals surface area contributed by atoms with Gasteiger partial charge in [-0.25, -0.2) is 4.79 Å². The summed E-state index contributed by atoms with van der Waals surface area (Å²) in [5, 5.41) is 9.60. The molecule has 3 nitrogen and oxygen atoms in total. The van der Waals surface area contributed by atoms with Crippen molar-refractivity contribution in [2.24, 2.45) is 5.92 Å². The Morgan fingerprint density at radius 1 is 1.44 bits per heavy atom. The third-order valence-corrected chi connectivity index (χ3v) is 2.35. The molecule has 0 unspecified atom stereocenters. The Morgan fingerprint density at radius 2 is 2.06 bits per heavy atom. The molecule has 18 heavy (non-hydrogen) atoms. The number of benzene rings is 1. The molecule has 0 spiro atoms. The summed E-state index contributed by atoms with van der Waals surface area (Å²) in [5.74, 6) is -0.237. The van der Waals surface area contributed by atoms with Crippen LogP contribution in [0, 0.1) is 17.2 Å². The van der Waals surface area contributed by atoms with Gasteiger partial charge in [-0.3, -0.25) is 0 Å². The topological polar surface area (TPSA) is 50.1 Å². The Morgan fingerprint density at radius 3 is 2.56 bits per heavy atom. The number of allylic oxidation sites excluding steroid dienone is 1. The van der Waals surface area contributed by atoms with E-state index in [1.165, 1.54) is 6.08 Å². The third kappa shape index (κ3) is 4.60. The summed E-state index contributed by atoms with van der Waals surface area (Å²) in [7, 11) is 0. The number of carbonyl (C=O) groups excluding carboxylic acids is 1.